The van der Waals surface area contributed by atoms with Crippen LogP contribution in [0.15, 0.2) is 59.3 Å². The van der Waals surface area contributed by atoms with Gasteiger partial charge in [-0.25, -0.2) is 0 Å². The molecule has 1 atom stereocenters. The molecule has 2 nitrogen and oxygen atoms in total. The maximum absolute atomic E-state index is 10.7. The molecule has 0 radical (unpaired) electrons. The summed E-state index contributed by atoms with van der Waals surface area (Å²) in [6.45, 7) is 2.01. The largest absolute Gasteiger partial charge is 0.384 e. The number of hydrogen-bond acceptors (Lipinski definition) is 2. The van der Waals surface area contributed by atoms with Crippen molar-refractivity contribution in [1.82, 2.24) is 4.98 Å². The van der Waals surface area contributed by atoms with Gasteiger partial charge in [0.15, 0.2) is 0 Å². The van der Waals surface area contributed by atoms with Gasteiger partial charge < -0.3 is 5.11 Å². The lowest BCUT2D eigenvalue weighted by molar-refractivity contribution is 0.221. The second kappa shape index (κ2) is 5.35. The topological polar surface area (TPSA) is 33.1 Å². The van der Waals surface area contributed by atoms with Crippen LogP contribution in [0.1, 0.15) is 22.8 Å². The summed E-state index contributed by atoms with van der Waals surface area (Å²) in [5, 5.41) is 12.8. The van der Waals surface area contributed by atoms with Crippen LogP contribution in [0.25, 0.3) is 10.8 Å². The molecule has 0 bridgehead atoms. The lowest BCUT2D eigenvalue weighted by Crippen LogP contribution is -2.03. The minimum absolute atomic E-state index is 0.652. The average molecular weight is 328 g/mol. The fraction of sp³-hybridized carbons (Fsp3) is 0.118. The van der Waals surface area contributed by atoms with Crippen LogP contribution < -0.4 is 0 Å². The van der Waals surface area contributed by atoms with Crippen LogP contribution in [0, 0.1) is 6.92 Å². The Morgan fingerprint density at radius 1 is 1.05 bits per heavy atom. The Morgan fingerprint density at radius 2 is 1.80 bits per heavy atom. The smallest absolute Gasteiger partial charge is 0.105 e. The first-order valence-electron chi connectivity index (χ1n) is 6.44. The number of halogens is 1. The fourth-order valence-corrected chi connectivity index (χ4v) is 2.84. The van der Waals surface area contributed by atoms with Gasteiger partial charge in [0.05, 0.1) is 0 Å². The zero-order valence-electron chi connectivity index (χ0n) is 11.0. The Labute approximate surface area is 126 Å². The number of aromatic nitrogens is 1. The third kappa shape index (κ3) is 2.23. The average Bonchev–Trinajstić information content (AvgIpc) is 2.49. The first-order chi connectivity index (χ1) is 9.68. The molecule has 3 aromatic rings. The van der Waals surface area contributed by atoms with Crippen molar-refractivity contribution < 1.29 is 5.11 Å². The van der Waals surface area contributed by atoms with E-state index in [0.29, 0.717) is 0 Å². The summed E-state index contributed by atoms with van der Waals surface area (Å²) in [5.74, 6) is 0. The van der Waals surface area contributed by atoms with Crippen LogP contribution in [-0.4, -0.2) is 10.1 Å². The maximum atomic E-state index is 10.7. The van der Waals surface area contributed by atoms with Crippen molar-refractivity contribution in [2.75, 3.05) is 0 Å². The minimum atomic E-state index is -0.652. The summed E-state index contributed by atoms with van der Waals surface area (Å²) in [4.78, 5) is 4.17. The molecule has 1 unspecified atom stereocenters. The van der Waals surface area contributed by atoms with Gasteiger partial charge in [0, 0.05) is 22.3 Å². The molecule has 1 N–H and O–H groups in total. The second-order valence-corrected chi connectivity index (χ2v) is 5.65. The normalized spacial score (nSPS) is 12.6. The summed E-state index contributed by atoms with van der Waals surface area (Å²) in [6.07, 6.45) is 2.92. The Hall–Kier alpha value is -1.71. The van der Waals surface area contributed by atoms with Gasteiger partial charge in [0.1, 0.15) is 6.10 Å². The summed E-state index contributed by atoms with van der Waals surface area (Å²) in [7, 11) is 0. The monoisotopic (exact) mass is 327 g/mol. The number of pyridine rings is 1. The third-order valence-electron chi connectivity index (χ3n) is 3.62. The fourth-order valence-electron chi connectivity index (χ4n) is 2.46. The maximum Gasteiger partial charge on any atom is 0.105 e. The Morgan fingerprint density at radius 3 is 2.65 bits per heavy atom. The van der Waals surface area contributed by atoms with Crippen molar-refractivity contribution in [2.24, 2.45) is 0 Å². The standard InChI is InChI=1S/C17H14BrNO/c1-11-13(5-3-7-16(11)18)17(20)14-6-2-4-12-8-9-19-10-15(12)14/h2-10,17,20H,1H3. The number of nitrogens with zero attached hydrogens (tertiary/aromatic N) is 1. The Kier molecular flexibility index (Phi) is 3.55. The quantitative estimate of drug-likeness (QED) is 0.757. The van der Waals surface area contributed by atoms with E-state index in [2.05, 4.69) is 20.9 Å². The van der Waals surface area contributed by atoms with E-state index in [1.54, 1.807) is 12.4 Å². The molecular formula is C17H14BrNO. The molecule has 0 aliphatic rings. The Bertz CT molecular complexity index is 765. The van der Waals surface area contributed by atoms with Crippen LogP contribution in [0.3, 0.4) is 0 Å². The number of benzene rings is 2. The minimum Gasteiger partial charge on any atom is -0.384 e. The van der Waals surface area contributed by atoms with Gasteiger partial charge in [-0.15, -0.1) is 0 Å². The zero-order valence-corrected chi connectivity index (χ0v) is 12.6. The van der Waals surface area contributed by atoms with E-state index >= 15 is 0 Å². The number of hydrogen-bond donors (Lipinski definition) is 1. The van der Waals surface area contributed by atoms with Gasteiger partial charge in [-0.1, -0.05) is 46.3 Å². The zero-order chi connectivity index (χ0) is 14.1. The van der Waals surface area contributed by atoms with Crippen molar-refractivity contribution in [3.8, 4) is 0 Å². The molecule has 0 spiro atoms. The van der Waals surface area contributed by atoms with E-state index in [4.69, 9.17) is 0 Å². The predicted octanol–water partition coefficient (Wildman–Crippen LogP) is 4.39. The molecule has 1 heterocycles. The van der Waals surface area contributed by atoms with E-state index in [9.17, 15) is 5.11 Å². The predicted molar refractivity (Wildman–Crippen MR) is 84.7 cm³/mol. The lowest BCUT2D eigenvalue weighted by atomic mass is 9.94. The van der Waals surface area contributed by atoms with Crippen LogP contribution in [0.5, 0.6) is 0 Å². The molecule has 3 heteroatoms. The van der Waals surface area contributed by atoms with Gasteiger partial charge >= 0.3 is 0 Å². The van der Waals surface area contributed by atoms with Gasteiger partial charge in [-0.05, 0) is 41.1 Å². The number of fused-ring (bicyclic) bond motifs is 1. The molecule has 0 aliphatic heterocycles. The van der Waals surface area contributed by atoms with Crippen molar-refractivity contribution in [2.45, 2.75) is 13.0 Å². The van der Waals surface area contributed by atoms with Gasteiger partial charge in [0.2, 0.25) is 0 Å². The molecule has 20 heavy (non-hydrogen) atoms. The van der Waals surface area contributed by atoms with E-state index in [1.165, 1.54) is 0 Å². The highest BCUT2D eigenvalue weighted by Gasteiger charge is 2.16. The van der Waals surface area contributed by atoms with E-state index in [0.717, 1.165) is 31.9 Å². The summed E-state index contributed by atoms with van der Waals surface area (Å²) in [5.41, 5.74) is 2.86. The number of aliphatic hydroxyl groups is 1. The number of aliphatic hydroxyl groups excluding tert-OH is 1. The third-order valence-corrected chi connectivity index (χ3v) is 4.48. The van der Waals surface area contributed by atoms with Gasteiger partial charge in [-0.2, -0.15) is 0 Å². The highest BCUT2D eigenvalue weighted by Crippen LogP contribution is 2.32. The molecule has 0 fully saturated rings. The van der Waals surface area contributed by atoms with Crippen LogP contribution in [-0.2, 0) is 0 Å². The molecule has 0 amide bonds. The van der Waals surface area contributed by atoms with Crippen LogP contribution in [0.4, 0.5) is 0 Å². The summed E-state index contributed by atoms with van der Waals surface area (Å²) >= 11 is 3.51. The van der Waals surface area contributed by atoms with Crippen molar-refractivity contribution >= 4 is 26.7 Å². The number of rotatable bonds is 2. The lowest BCUT2D eigenvalue weighted by Gasteiger charge is -2.17. The highest BCUT2D eigenvalue weighted by molar-refractivity contribution is 9.10. The summed E-state index contributed by atoms with van der Waals surface area (Å²) < 4.78 is 1.01. The Balaban J connectivity index is 2.18. The van der Waals surface area contributed by atoms with Crippen molar-refractivity contribution in [1.29, 1.82) is 0 Å². The van der Waals surface area contributed by atoms with E-state index in [1.807, 2.05) is 49.4 Å². The van der Waals surface area contributed by atoms with Crippen molar-refractivity contribution in [3.63, 3.8) is 0 Å². The SMILES string of the molecule is Cc1c(Br)cccc1C(O)c1cccc2ccncc12. The van der Waals surface area contributed by atoms with Gasteiger partial charge in [0.25, 0.3) is 0 Å². The van der Waals surface area contributed by atoms with Crippen LogP contribution >= 0.6 is 15.9 Å². The molecule has 0 saturated heterocycles. The van der Waals surface area contributed by atoms with E-state index in [-0.39, 0.29) is 0 Å². The molecular weight excluding hydrogens is 314 g/mol. The highest BCUT2D eigenvalue weighted by atomic mass is 79.9. The molecule has 0 aliphatic carbocycles. The molecule has 2 aromatic carbocycles. The van der Waals surface area contributed by atoms with E-state index < -0.39 is 6.10 Å². The first-order valence-corrected chi connectivity index (χ1v) is 7.23. The summed E-state index contributed by atoms with van der Waals surface area (Å²) in [6, 6.07) is 13.8. The van der Waals surface area contributed by atoms with Crippen molar-refractivity contribution in [3.05, 3.63) is 76.0 Å². The molecule has 3 rings (SSSR count). The molecule has 100 valence electrons. The van der Waals surface area contributed by atoms with Crippen LogP contribution in [0.2, 0.25) is 0 Å². The first kappa shape index (κ1) is 13.3. The molecule has 1 aromatic heterocycles. The molecule has 0 saturated carbocycles. The van der Waals surface area contributed by atoms with Gasteiger partial charge in [-0.3, -0.25) is 4.98 Å². The second-order valence-electron chi connectivity index (χ2n) is 4.80.